The van der Waals surface area contributed by atoms with Crippen LogP contribution in [-0.2, 0) is 11.3 Å². The van der Waals surface area contributed by atoms with E-state index in [2.05, 4.69) is 12.1 Å². The maximum atomic E-state index is 14.1. The SMILES string of the molecule is CSc1ccccc1C(=C1C(=O)N(Cc2cccc(C(=O)O)c2)c2ccccc21)c1ccccc1. The quantitative estimate of drug-likeness (QED) is 0.251. The van der Waals surface area contributed by atoms with Crippen molar-refractivity contribution in [2.45, 2.75) is 11.4 Å². The van der Waals surface area contributed by atoms with E-state index in [1.165, 1.54) is 0 Å². The van der Waals surface area contributed by atoms with Crippen molar-refractivity contribution in [2.75, 3.05) is 11.2 Å². The second kappa shape index (κ2) is 9.65. The lowest BCUT2D eigenvalue weighted by atomic mass is 9.90. The molecule has 1 amide bonds. The van der Waals surface area contributed by atoms with Crippen molar-refractivity contribution in [2.24, 2.45) is 0 Å². The molecule has 0 fully saturated rings. The Morgan fingerprint density at radius 2 is 1.51 bits per heavy atom. The van der Waals surface area contributed by atoms with Gasteiger partial charge < -0.3 is 10.0 Å². The number of para-hydroxylation sites is 1. The first-order chi connectivity index (χ1) is 17.1. The van der Waals surface area contributed by atoms with Crippen LogP contribution < -0.4 is 4.90 Å². The monoisotopic (exact) mass is 477 g/mol. The number of aromatic carboxylic acids is 1. The van der Waals surface area contributed by atoms with E-state index >= 15 is 0 Å². The van der Waals surface area contributed by atoms with E-state index in [-0.39, 0.29) is 18.0 Å². The summed E-state index contributed by atoms with van der Waals surface area (Å²) in [5.74, 6) is -1.08. The van der Waals surface area contributed by atoms with E-state index in [1.54, 1.807) is 34.9 Å². The van der Waals surface area contributed by atoms with Crippen LogP contribution in [0.4, 0.5) is 5.69 Å². The maximum absolute atomic E-state index is 14.1. The zero-order valence-electron chi connectivity index (χ0n) is 19.1. The minimum absolute atomic E-state index is 0.0957. The van der Waals surface area contributed by atoms with E-state index in [0.717, 1.165) is 38.4 Å². The first kappa shape index (κ1) is 22.7. The van der Waals surface area contributed by atoms with Gasteiger partial charge in [0.2, 0.25) is 0 Å². The number of benzene rings is 4. The molecule has 0 atom stereocenters. The van der Waals surface area contributed by atoms with Gasteiger partial charge in [-0.05, 0) is 47.2 Å². The van der Waals surface area contributed by atoms with Gasteiger partial charge in [0.25, 0.3) is 5.91 Å². The van der Waals surface area contributed by atoms with Crippen LogP contribution in [0.1, 0.15) is 32.6 Å². The van der Waals surface area contributed by atoms with Gasteiger partial charge in [-0.1, -0.05) is 78.9 Å². The van der Waals surface area contributed by atoms with Gasteiger partial charge in [-0.25, -0.2) is 4.79 Å². The molecule has 0 saturated heterocycles. The summed E-state index contributed by atoms with van der Waals surface area (Å²) in [5.41, 5.74) is 6.21. The summed E-state index contributed by atoms with van der Waals surface area (Å²) in [6, 6.07) is 32.7. The first-order valence-electron chi connectivity index (χ1n) is 11.2. The molecule has 1 N–H and O–H groups in total. The number of fused-ring (bicyclic) bond motifs is 1. The third-order valence-corrected chi connectivity index (χ3v) is 6.92. The molecule has 4 nitrogen and oxygen atoms in total. The van der Waals surface area contributed by atoms with Crippen LogP contribution >= 0.6 is 11.8 Å². The van der Waals surface area contributed by atoms with E-state index < -0.39 is 5.97 Å². The van der Waals surface area contributed by atoms with Gasteiger partial charge in [-0.2, -0.15) is 0 Å². The molecule has 1 heterocycles. The summed E-state index contributed by atoms with van der Waals surface area (Å²) in [4.78, 5) is 28.4. The molecule has 35 heavy (non-hydrogen) atoms. The molecule has 4 aromatic carbocycles. The normalized spacial score (nSPS) is 14.1. The summed E-state index contributed by atoms with van der Waals surface area (Å²) in [7, 11) is 0. The zero-order chi connectivity index (χ0) is 24.4. The standard InChI is InChI=1S/C30H23NO3S/c1-35-26-17-8-6-15-24(26)27(21-11-3-2-4-12-21)28-23-14-5-7-16-25(23)31(29(28)32)19-20-10-9-13-22(18-20)30(33)34/h2-18H,19H2,1H3,(H,33,34). The summed E-state index contributed by atoms with van der Waals surface area (Å²) in [5, 5.41) is 9.41. The van der Waals surface area contributed by atoms with Gasteiger partial charge in [-0.3, -0.25) is 4.79 Å². The van der Waals surface area contributed by atoms with Crippen LogP contribution in [0.3, 0.4) is 0 Å². The minimum atomic E-state index is -0.986. The van der Waals surface area contributed by atoms with Crippen LogP contribution in [-0.4, -0.2) is 23.2 Å². The Morgan fingerprint density at radius 3 is 2.29 bits per heavy atom. The predicted octanol–water partition coefficient (Wildman–Crippen LogP) is 6.61. The molecule has 0 unspecified atom stereocenters. The van der Waals surface area contributed by atoms with Crippen LogP contribution in [0.25, 0.3) is 11.1 Å². The van der Waals surface area contributed by atoms with Crippen molar-refractivity contribution < 1.29 is 14.7 Å². The summed E-state index contributed by atoms with van der Waals surface area (Å²) >= 11 is 1.65. The molecule has 5 heteroatoms. The Labute approximate surface area is 208 Å². The second-order valence-corrected chi connectivity index (χ2v) is 9.08. The van der Waals surface area contributed by atoms with Crippen molar-refractivity contribution in [3.8, 4) is 0 Å². The molecular formula is C30H23NO3S. The van der Waals surface area contributed by atoms with Crippen molar-refractivity contribution >= 4 is 40.5 Å². The van der Waals surface area contributed by atoms with Crippen molar-refractivity contribution in [3.05, 3.63) is 131 Å². The Hall–Kier alpha value is -4.09. The fourth-order valence-electron chi connectivity index (χ4n) is 4.55. The molecule has 1 aliphatic heterocycles. The number of carbonyl (C=O) groups excluding carboxylic acids is 1. The molecule has 0 spiro atoms. The van der Waals surface area contributed by atoms with E-state index in [1.807, 2.05) is 79.1 Å². The van der Waals surface area contributed by atoms with Crippen LogP contribution in [0.5, 0.6) is 0 Å². The Bertz CT molecular complexity index is 1460. The molecule has 5 rings (SSSR count). The number of hydrogen-bond acceptors (Lipinski definition) is 3. The molecule has 4 aromatic rings. The van der Waals surface area contributed by atoms with Crippen LogP contribution in [0.2, 0.25) is 0 Å². The molecule has 0 radical (unpaired) electrons. The van der Waals surface area contributed by atoms with Crippen LogP contribution in [0.15, 0.2) is 108 Å². The molecule has 0 saturated carbocycles. The summed E-state index contributed by atoms with van der Waals surface area (Å²) in [6.45, 7) is 0.284. The van der Waals surface area contributed by atoms with Gasteiger partial charge in [0.15, 0.2) is 0 Å². The summed E-state index contributed by atoms with van der Waals surface area (Å²) < 4.78 is 0. The number of hydrogen-bond donors (Lipinski definition) is 1. The van der Waals surface area contributed by atoms with Gasteiger partial charge in [0, 0.05) is 16.0 Å². The molecule has 0 bridgehead atoms. The molecule has 1 aliphatic rings. The highest BCUT2D eigenvalue weighted by molar-refractivity contribution is 7.98. The van der Waals surface area contributed by atoms with Crippen molar-refractivity contribution in [3.63, 3.8) is 0 Å². The zero-order valence-corrected chi connectivity index (χ0v) is 20.0. The number of nitrogens with zero attached hydrogens (tertiary/aromatic N) is 1. The summed E-state index contributed by atoms with van der Waals surface area (Å²) in [6.07, 6.45) is 2.04. The second-order valence-electron chi connectivity index (χ2n) is 8.23. The van der Waals surface area contributed by atoms with E-state index in [4.69, 9.17) is 0 Å². The maximum Gasteiger partial charge on any atom is 0.335 e. The van der Waals surface area contributed by atoms with Gasteiger partial charge in [0.1, 0.15) is 0 Å². The predicted molar refractivity (Wildman–Crippen MR) is 142 cm³/mol. The highest BCUT2D eigenvalue weighted by Gasteiger charge is 2.35. The van der Waals surface area contributed by atoms with Gasteiger partial charge in [-0.15, -0.1) is 11.8 Å². The average molecular weight is 478 g/mol. The van der Waals surface area contributed by atoms with E-state index in [0.29, 0.717) is 5.57 Å². The van der Waals surface area contributed by atoms with E-state index in [9.17, 15) is 14.7 Å². The van der Waals surface area contributed by atoms with Crippen LogP contribution in [0, 0.1) is 0 Å². The first-order valence-corrected chi connectivity index (χ1v) is 12.5. The molecular weight excluding hydrogens is 454 g/mol. The average Bonchev–Trinajstić information content (AvgIpc) is 3.16. The Kier molecular flexibility index (Phi) is 6.25. The lowest BCUT2D eigenvalue weighted by Gasteiger charge is -2.18. The minimum Gasteiger partial charge on any atom is -0.478 e. The number of carbonyl (C=O) groups is 2. The fourth-order valence-corrected chi connectivity index (χ4v) is 5.16. The number of thioether (sulfide) groups is 1. The molecule has 0 aromatic heterocycles. The number of rotatable bonds is 6. The highest BCUT2D eigenvalue weighted by Crippen LogP contribution is 2.45. The van der Waals surface area contributed by atoms with Gasteiger partial charge in [0.05, 0.1) is 23.4 Å². The van der Waals surface area contributed by atoms with Crippen molar-refractivity contribution in [1.82, 2.24) is 0 Å². The molecule has 172 valence electrons. The molecule has 0 aliphatic carbocycles. The Morgan fingerprint density at radius 1 is 0.829 bits per heavy atom. The Balaban J connectivity index is 1.72. The number of carboxylic acid groups (broad SMARTS) is 1. The third-order valence-electron chi connectivity index (χ3n) is 6.13. The smallest absolute Gasteiger partial charge is 0.335 e. The highest BCUT2D eigenvalue weighted by atomic mass is 32.2. The lowest BCUT2D eigenvalue weighted by Crippen LogP contribution is -2.26. The third kappa shape index (κ3) is 4.27. The number of carboxylic acids is 1. The fraction of sp³-hybridized carbons (Fsp3) is 0.0667. The van der Waals surface area contributed by atoms with Gasteiger partial charge >= 0.3 is 5.97 Å². The largest absolute Gasteiger partial charge is 0.478 e. The lowest BCUT2D eigenvalue weighted by molar-refractivity contribution is -0.113. The number of anilines is 1. The van der Waals surface area contributed by atoms with Crippen molar-refractivity contribution in [1.29, 1.82) is 0 Å². The topological polar surface area (TPSA) is 57.6 Å². The number of amides is 1.